The lowest BCUT2D eigenvalue weighted by Crippen LogP contribution is -2.42. The van der Waals surface area contributed by atoms with Crippen LogP contribution in [0.5, 0.6) is 0 Å². The van der Waals surface area contributed by atoms with E-state index in [-0.39, 0.29) is 5.78 Å². The molecule has 146 valence electrons. The van der Waals surface area contributed by atoms with Crippen LogP contribution in [0, 0.1) is 0 Å². The lowest BCUT2D eigenvalue weighted by Gasteiger charge is -2.17. The fourth-order valence-corrected chi connectivity index (χ4v) is 2.29. The number of hydrogen-bond donors (Lipinski definition) is 2. The van der Waals surface area contributed by atoms with Crippen LogP contribution in [0.15, 0.2) is 54.6 Å². The molecule has 7 heteroatoms. The van der Waals surface area contributed by atoms with Crippen LogP contribution in [0.3, 0.4) is 0 Å². The summed E-state index contributed by atoms with van der Waals surface area (Å²) in [6.45, 7) is 4.37. The molecule has 0 saturated carbocycles. The summed E-state index contributed by atoms with van der Waals surface area (Å²) in [5.74, 6) is -1.73. The summed E-state index contributed by atoms with van der Waals surface area (Å²) in [6, 6.07) is 13.9. The molecule has 0 fully saturated rings. The highest BCUT2D eigenvalue weighted by Crippen LogP contribution is 2.11. The number of nitrogens with one attached hydrogen (secondary N) is 2. The molecule has 0 unspecified atom stereocenters. The molecule has 28 heavy (non-hydrogen) atoms. The molecule has 0 aliphatic carbocycles. The number of anilines is 1. The summed E-state index contributed by atoms with van der Waals surface area (Å²) in [5, 5.41) is 5.13. The number of carbonyl (C=O) groups excluding carboxylic acids is 4. The summed E-state index contributed by atoms with van der Waals surface area (Å²) < 4.78 is 5.13. The van der Waals surface area contributed by atoms with Crippen molar-refractivity contribution in [3.05, 3.63) is 65.7 Å². The third-order valence-corrected chi connectivity index (χ3v) is 3.96. The van der Waals surface area contributed by atoms with Crippen molar-refractivity contribution in [3.63, 3.8) is 0 Å². The Morgan fingerprint density at radius 3 is 2.04 bits per heavy atom. The molecule has 0 radical (unpaired) electrons. The van der Waals surface area contributed by atoms with Gasteiger partial charge in [0.1, 0.15) is 6.04 Å². The zero-order valence-electron chi connectivity index (χ0n) is 15.9. The van der Waals surface area contributed by atoms with E-state index in [2.05, 4.69) is 10.6 Å². The van der Waals surface area contributed by atoms with Gasteiger partial charge in [0.05, 0.1) is 0 Å². The molecule has 2 rings (SSSR count). The number of carbonyl (C=O) groups is 4. The number of esters is 1. The van der Waals surface area contributed by atoms with Crippen molar-refractivity contribution in [2.24, 2.45) is 0 Å². The van der Waals surface area contributed by atoms with Crippen LogP contribution in [0.25, 0.3) is 0 Å². The highest BCUT2D eigenvalue weighted by atomic mass is 16.5. The van der Waals surface area contributed by atoms with E-state index >= 15 is 0 Å². The molecule has 7 nitrogen and oxygen atoms in total. The summed E-state index contributed by atoms with van der Waals surface area (Å²) in [7, 11) is 0. The molecule has 0 aliphatic heterocycles. The third-order valence-electron chi connectivity index (χ3n) is 3.96. The third kappa shape index (κ3) is 5.77. The van der Waals surface area contributed by atoms with Crippen molar-refractivity contribution in [1.29, 1.82) is 0 Å². The molecule has 2 amide bonds. The van der Waals surface area contributed by atoms with Crippen molar-refractivity contribution in [3.8, 4) is 0 Å². The number of benzene rings is 2. The molecule has 0 bridgehead atoms. The van der Waals surface area contributed by atoms with Gasteiger partial charge in [-0.25, -0.2) is 4.79 Å². The van der Waals surface area contributed by atoms with E-state index in [4.69, 9.17) is 4.74 Å². The van der Waals surface area contributed by atoms with Gasteiger partial charge < -0.3 is 15.4 Å². The molecule has 2 aromatic rings. The van der Waals surface area contributed by atoms with E-state index in [0.29, 0.717) is 16.8 Å². The van der Waals surface area contributed by atoms with Crippen LogP contribution >= 0.6 is 0 Å². The van der Waals surface area contributed by atoms with Gasteiger partial charge in [-0.3, -0.25) is 14.4 Å². The van der Waals surface area contributed by atoms with Gasteiger partial charge in [-0.2, -0.15) is 0 Å². The largest absolute Gasteiger partial charge is 0.451 e. The molecule has 2 N–H and O–H groups in total. The summed E-state index contributed by atoms with van der Waals surface area (Å²) in [6.07, 6.45) is -1.06. The number of amides is 2. The predicted molar refractivity (Wildman–Crippen MR) is 104 cm³/mol. The zero-order valence-corrected chi connectivity index (χ0v) is 15.9. The van der Waals surface area contributed by atoms with E-state index in [9.17, 15) is 19.2 Å². The Hall–Kier alpha value is -3.48. The molecular formula is C21H22N2O5. The second kappa shape index (κ2) is 9.45. The standard InChI is InChI=1S/C21H22N2O5/c1-13(22-20(26)17-7-5-4-6-8-17)21(27)28-15(3)19(25)23-18-11-9-16(10-12-18)14(2)24/h4-13,15H,1-3H3,(H,22,26)(H,23,25)/t13-,15+/m0/s1. The van der Waals surface area contributed by atoms with Crippen molar-refractivity contribution < 1.29 is 23.9 Å². The Morgan fingerprint density at radius 2 is 1.46 bits per heavy atom. The van der Waals surface area contributed by atoms with Crippen LogP contribution in [0.1, 0.15) is 41.5 Å². The highest BCUT2D eigenvalue weighted by Gasteiger charge is 2.23. The van der Waals surface area contributed by atoms with E-state index in [1.165, 1.54) is 20.8 Å². The van der Waals surface area contributed by atoms with Gasteiger partial charge in [-0.1, -0.05) is 18.2 Å². The first-order chi connectivity index (χ1) is 13.3. The minimum atomic E-state index is -1.06. The molecule has 0 aromatic heterocycles. The van der Waals surface area contributed by atoms with Crippen LogP contribution in [-0.2, 0) is 14.3 Å². The van der Waals surface area contributed by atoms with Crippen molar-refractivity contribution in [2.75, 3.05) is 5.32 Å². The van der Waals surface area contributed by atoms with Gasteiger partial charge >= 0.3 is 5.97 Å². The van der Waals surface area contributed by atoms with Gasteiger partial charge in [0.2, 0.25) is 0 Å². The van der Waals surface area contributed by atoms with Crippen molar-refractivity contribution in [1.82, 2.24) is 5.32 Å². The van der Waals surface area contributed by atoms with Gasteiger partial charge in [0.15, 0.2) is 11.9 Å². The van der Waals surface area contributed by atoms with Crippen molar-refractivity contribution in [2.45, 2.75) is 32.9 Å². The Morgan fingerprint density at radius 1 is 0.857 bits per heavy atom. The second-order valence-corrected chi connectivity index (χ2v) is 6.26. The minimum absolute atomic E-state index is 0.0771. The SMILES string of the molecule is CC(=O)c1ccc(NC(=O)[C@@H](C)OC(=O)[C@H](C)NC(=O)c2ccccc2)cc1. The van der Waals surface area contributed by atoms with Gasteiger partial charge in [0.25, 0.3) is 11.8 Å². The summed E-state index contributed by atoms with van der Waals surface area (Å²) >= 11 is 0. The molecular weight excluding hydrogens is 360 g/mol. The molecule has 0 saturated heterocycles. The van der Waals surface area contributed by atoms with Gasteiger partial charge in [-0.15, -0.1) is 0 Å². The number of Topliss-reactive ketones (excluding diaryl/α,β-unsaturated/α-hetero) is 1. The fraction of sp³-hybridized carbons (Fsp3) is 0.238. The van der Waals surface area contributed by atoms with Crippen LogP contribution in [-0.4, -0.2) is 35.7 Å². The van der Waals surface area contributed by atoms with E-state index in [0.717, 1.165) is 0 Å². The number of ketones is 1. The molecule has 0 heterocycles. The average Bonchev–Trinajstić information content (AvgIpc) is 2.68. The number of hydrogen-bond acceptors (Lipinski definition) is 5. The first kappa shape index (κ1) is 20.8. The first-order valence-corrected chi connectivity index (χ1v) is 8.76. The van der Waals surface area contributed by atoms with Crippen LogP contribution < -0.4 is 10.6 Å². The monoisotopic (exact) mass is 382 g/mol. The number of ether oxygens (including phenoxy) is 1. The molecule has 0 spiro atoms. The Balaban J connectivity index is 1.87. The molecule has 2 atom stereocenters. The Kier molecular flexibility index (Phi) is 7.03. The molecule has 0 aliphatic rings. The topological polar surface area (TPSA) is 102 Å². The quantitative estimate of drug-likeness (QED) is 0.566. The first-order valence-electron chi connectivity index (χ1n) is 8.76. The number of rotatable bonds is 7. The maximum Gasteiger partial charge on any atom is 0.329 e. The lowest BCUT2D eigenvalue weighted by molar-refractivity contribution is -0.154. The summed E-state index contributed by atoms with van der Waals surface area (Å²) in [4.78, 5) is 47.7. The molecule has 2 aromatic carbocycles. The maximum absolute atomic E-state index is 12.2. The average molecular weight is 382 g/mol. The van der Waals surface area contributed by atoms with E-state index in [1.54, 1.807) is 54.6 Å². The van der Waals surface area contributed by atoms with Gasteiger partial charge in [-0.05, 0) is 57.2 Å². The van der Waals surface area contributed by atoms with Crippen LogP contribution in [0.2, 0.25) is 0 Å². The minimum Gasteiger partial charge on any atom is -0.451 e. The van der Waals surface area contributed by atoms with Gasteiger partial charge in [0, 0.05) is 16.8 Å². The maximum atomic E-state index is 12.2. The lowest BCUT2D eigenvalue weighted by atomic mass is 10.1. The van der Waals surface area contributed by atoms with E-state index in [1.807, 2.05) is 0 Å². The Labute approximate surface area is 163 Å². The normalized spacial score (nSPS) is 12.4. The van der Waals surface area contributed by atoms with E-state index < -0.39 is 29.9 Å². The second-order valence-electron chi connectivity index (χ2n) is 6.26. The van der Waals surface area contributed by atoms with Crippen LogP contribution in [0.4, 0.5) is 5.69 Å². The van der Waals surface area contributed by atoms with Crippen molar-refractivity contribution >= 4 is 29.3 Å². The fourth-order valence-electron chi connectivity index (χ4n) is 2.29. The summed E-state index contributed by atoms with van der Waals surface area (Å²) in [5.41, 5.74) is 1.42. The Bertz CT molecular complexity index is 862. The highest BCUT2D eigenvalue weighted by molar-refractivity contribution is 5.98. The smallest absolute Gasteiger partial charge is 0.329 e. The zero-order chi connectivity index (χ0) is 20.7. The predicted octanol–water partition coefficient (Wildman–Crippen LogP) is 2.58.